The SMILES string of the molecule is Clc1ccc(CCNc2ccc(Cl)cc2)cc1. The molecule has 0 saturated heterocycles. The highest BCUT2D eigenvalue weighted by Gasteiger charge is 1.95. The summed E-state index contributed by atoms with van der Waals surface area (Å²) in [6.45, 7) is 0.892. The van der Waals surface area contributed by atoms with Crippen LogP contribution in [0, 0.1) is 0 Å². The van der Waals surface area contributed by atoms with Crippen molar-refractivity contribution in [3.8, 4) is 0 Å². The van der Waals surface area contributed by atoms with E-state index >= 15 is 0 Å². The van der Waals surface area contributed by atoms with Crippen LogP contribution in [0.25, 0.3) is 0 Å². The lowest BCUT2D eigenvalue weighted by Crippen LogP contribution is -2.04. The molecule has 0 spiro atoms. The highest BCUT2D eigenvalue weighted by atomic mass is 35.5. The molecule has 0 amide bonds. The zero-order valence-electron chi connectivity index (χ0n) is 9.29. The summed E-state index contributed by atoms with van der Waals surface area (Å²) >= 11 is 11.6. The first-order valence-electron chi connectivity index (χ1n) is 5.48. The average molecular weight is 266 g/mol. The Morgan fingerprint density at radius 2 is 1.29 bits per heavy atom. The quantitative estimate of drug-likeness (QED) is 0.849. The Morgan fingerprint density at radius 3 is 1.88 bits per heavy atom. The predicted octanol–water partition coefficient (Wildman–Crippen LogP) is 4.65. The molecule has 0 saturated carbocycles. The van der Waals surface area contributed by atoms with Crippen molar-refractivity contribution in [3.05, 3.63) is 64.1 Å². The van der Waals surface area contributed by atoms with E-state index in [9.17, 15) is 0 Å². The summed E-state index contributed by atoms with van der Waals surface area (Å²) in [6, 6.07) is 15.6. The number of halogens is 2. The van der Waals surface area contributed by atoms with Crippen molar-refractivity contribution >= 4 is 28.9 Å². The molecule has 0 unspecified atom stereocenters. The van der Waals surface area contributed by atoms with Gasteiger partial charge in [-0.3, -0.25) is 0 Å². The molecule has 0 bridgehead atoms. The maximum Gasteiger partial charge on any atom is 0.0407 e. The molecule has 0 aliphatic heterocycles. The number of hydrogen-bond donors (Lipinski definition) is 1. The zero-order valence-corrected chi connectivity index (χ0v) is 10.8. The Bertz CT molecular complexity index is 417. The number of nitrogens with one attached hydrogen (secondary N) is 1. The van der Waals surface area contributed by atoms with Crippen LogP contribution in [0.4, 0.5) is 5.69 Å². The third-order valence-corrected chi connectivity index (χ3v) is 3.00. The van der Waals surface area contributed by atoms with Crippen molar-refractivity contribution in [2.24, 2.45) is 0 Å². The maximum absolute atomic E-state index is 5.83. The summed E-state index contributed by atoms with van der Waals surface area (Å²) in [6.07, 6.45) is 0.972. The molecule has 0 radical (unpaired) electrons. The molecule has 0 heterocycles. The summed E-state index contributed by atoms with van der Waals surface area (Å²) in [7, 11) is 0. The fraction of sp³-hybridized carbons (Fsp3) is 0.143. The minimum Gasteiger partial charge on any atom is -0.385 e. The molecular formula is C14H13Cl2N. The molecule has 0 aromatic heterocycles. The molecule has 1 nitrogen and oxygen atoms in total. The van der Waals surface area contributed by atoms with Gasteiger partial charge in [-0.1, -0.05) is 35.3 Å². The van der Waals surface area contributed by atoms with Crippen LogP contribution in [0.5, 0.6) is 0 Å². The third-order valence-electron chi connectivity index (χ3n) is 2.50. The van der Waals surface area contributed by atoms with Crippen molar-refractivity contribution in [1.82, 2.24) is 0 Å². The van der Waals surface area contributed by atoms with Gasteiger partial charge in [-0.2, -0.15) is 0 Å². The predicted molar refractivity (Wildman–Crippen MR) is 75.1 cm³/mol. The highest BCUT2D eigenvalue weighted by Crippen LogP contribution is 2.14. The van der Waals surface area contributed by atoms with Gasteiger partial charge in [0.15, 0.2) is 0 Å². The lowest BCUT2D eigenvalue weighted by atomic mass is 10.1. The molecule has 1 N–H and O–H groups in total. The van der Waals surface area contributed by atoms with Gasteiger partial charge in [0.25, 0.3) is 0 Å². The van der Waals surface area contributed by atoms with Gasteiger partial charge in [0.1, 0.15) is 0 Å². The molecule has 0 aliphatic rings. The molecule has 0 fully saturated rings. The molecule has 17 heavy (non-hydrogen) atoms. The van der Waals surface area contributed by atoms with E-state index in [0.29, 0.717) is 0 Å². The van der Waals surface area contributed by atoms with E-state index in [1.807, 2.05) is 48.5 Å². The average Bonchev–Trinajstić information content (AvgIpc) is 2.34. The second-order valence-corrected chi connectivity index (χ2v) is 4.68. The number of benzene rings is 2. The van der Waals surface area contributed by atoms with Crippen molar-refractivity contribution in [2.75, 3.05) is 11.9 Å². The van der Waals surface area contributed by atoms with Gasteiger partial charge in [-0.15, -0.1) is 0 Å². The molecular weight excluding hydrogens is 253 g/mol. The molecule has 2 rings (SSSR count). The van der Waals surface area contributed by atoms with E-state index in [-0.39, 0.29) is 0 Å². The Labute approximate surface area is 111 Å². The Morgan fingerprint density at radius 1 is 0.765 bits per heavy atom. The largest absolute Gasteiger partial charge is 0.385 e. The Balaban J connectivity index is 1.83. The van der Waals surface area contributed by atoms with E-state index in [1.54, 1.807) is 0 Å². The summed E-state index contributed by atoms with van der Waals surface area (Å²) in [5.41, 5.74) is 2.36. The van der Waals surface area contributed by atoms with E-state index in [1.165, 1.54) is 5.56 Å². The maximum atomic E-state index is 5.83. The van der Waals surface area contributed by atoms with Gasteiger partial charge in [-0.05, 0) is 48.4 Å². The van der Waals surface area contributed by atoms with Crippen LogP contribution in [0.2, 0.25) is 10.0 Å². The zero-order chi connectivity index (χ0) is 12.1. The second kappa shape index (κ2) is 5.95. The number of hydrogen-bond acceptors (Lipinski definition) is 1. The van der Waals surface area contributed by atoms with E-state index in [2.05, 4.69) is 5.32 Å². The van der Waals surface area contributed by atoms with Crippen molar-refractivity contribution in [2.45, 2.75) is 6.42 Å². The van der Waals surface area contributed by atoms with Gasteiger partial charge >= 0.3 is 0 Å². The van der Waals surface area contributed by atoms with Crippen LogP contribution in [0.15, 0.2) is 48.5 Å². The van der Waals surface area contributed by atoms with Crippen LogP contribution in [0.3, 0.4) is 0 Å². The Hall–Kier alpha value is -1.18. The summed E-state index contributed by atoms with van der Waals surface area (Å²) in [5.74, 6) is 0. The van der Waals surface area contributed by atoms with Gasteiger partial charge in [0.2, 0.25) is 0 Å². The normalized spacial score (nSPS) is 10.2. The standard InChI is InChI=1S/C14H13Cl2N/c15-12-3-1-11(2-4-12)9-10-17-14-7-5-13(16)6-8-14/h1-8,17H,9-10H2. The first-order chi connectivity index (χ1) is 8.24. The highest BCUT2D eigenvalue weighted by molar-refractivity contribution is 6.30. The number of anilines is 1. The van der Waals surface area contributed by atoms with Crippen molar-refractivity contribution < 1.29 is 0 Å². The molecule has 3 heteroatoms. The van der Waals surface area contributed by atoms with Crippen molar-refractivity contribution in [1.29, 1.82) is 0 Å². The fourth-order valence-corrected chi connectivity index (χ4v) is 1.82. The van der Waals surface area contributed by atoms with Crippen LogP contribution in [-0.2, 0) is 6.42 Å². The van der Waals surface area contributed by atoms with Crippen LogP contribution >= 0.6 is 23.2 Å². The summed E-state index contributed by atoms with van der Waals surface area (Å²) < 4.78 is 0. The van der Waals surface area contributed by atoms with Gasteiger partial charge < -0.3 is 5.32 Å². The summed E-state index contributed by atoms with van der Waals surface area (Å²) in [5, 5.41) is 4.88. The Kier molecular flexibility index (Phi) is 4.29. The molecule has 2 aromatic rings. The lowest BCUT2D eigenvalue weighted by Gasteiger charge is -2.06. The smallest absolute Gasteiger partial charge is 0.0407 e. The minimum atomic E-state index is 0.758. The number of rotatable bonds is 4. The molecule has 2 aromatic carbocycles. The first kappa shape index (κ1) is 12.3. The molecule has 0 atom stereocenters. The molecule has 0 aliphatic carbocycles. The minimum absolute atomic E-state index is 0.758. The lowest BCUT2D eigenvalue weighted by molar-refractivity contribution is 1.02. The first-order valence-corrected chi connectivity index (χ1v) is 6.23. The summed E-state index contributed by atoms with van der Waals surface area (Å²) in [4.78, 5) is 0. The second-order valence-electron chi connectivity index (χ2n) is 3.81. The van der Waals surface area contributed by atoms with Crippen LogP contribution < -0.4 is 5.32 Å². The third kappa shape index (κ3) is 3.95. The van der Waals surface area contributed by atoms with E-state index < -0.39 is 0 Å². The van der Waals surface area contributed by atoms with E-state index in [4.69, 9.17) is 23.2 Å². The van der Waals surface area contributed by atoms with Gasteiger partial charge in [-0.25, -0.2) is 0 Å². The van der Waals surface area contributed by atoms with Gasteiger partial charge in [0.05, 0.1) is 0 Å². The van der Waals surface area contributed by atoms with Crippen molar-refractivity contribution in [3.63, 3.8) is 0 Å². The van der Waals surface area contributed by atoms with E-state index in [0.717, 1.165) is 28.7 Å². The van der Waals surface area contributed by atoms with Gasteiger partial charge in [0, 0.05) is 22.3 Å². The topological polar surface area (TPSA) is 12.0 Å². The monoisotopic (exact) mass is 265 g/mol. The fourth-order valence-electron chi connectivity index (χ4n) is 1.57. The van der Waals surface area contributed by atoms with Crippen LogP contribution in [-0.4, -0.2) is 6.54 Å². The van der Waals surface area contributed by atoms with Crippen LogP contribution in [0.1, 0.15) is 5.56 Å². The molecule has 88 valence electrons.